The molecule has 0 amide bonds. The van der Waals surface area contributed by atoms with Gasteiger partial charge in [-0.15, -0.1) is 11.8 Å². The van der Waals surface area contributed by atoms with Crippen LogP contribution in [0.15, 0.2) is 17.0 Å². The van der Waals surface area contributed by atoms with Crippen LogP contribution in [0.3, 0.4) is 0 Å². The summed E-state index contributed by atoms with van der Waals surface area (Å²) in [6.45, 7) is 0.509. The summed E-state index contributed by atoms with van der Waals surface area (Å²) in [5.74, 6) is 1.68. The molecule has 3 N–H and O–H groups in total. The lowest BCUT2D eigenvalue weighted by molar-refractivity contribution is 0.385. The molecular formula is C12H20N2O2S. The van der Waals surface area contributed by atoms with Crippen LogP contribution in [0.5, 0.6) is 11.5 Å². The summed E-state index contributed by atoms with van der Waals surface area (Å²) in [6, 6.07) is 4.03. The van der Waals surface area contributed by atoms with Crippen LogP contribution >= 0.6 is 11.8 Å². The maximum Gasteiger partial charge on any atom is 0.133 e. The van der Waals surface area contributed by atoms with Crippen molar-refractivity contribution in [2.24, 2.45) is 5.73 Å². The van der Waals surface area contributed by atoms with Crippen LogP contribution in [0.25, 0.3) is 0 Å². The highest BCUT2D eigenvalue weighted by molar-refractivity contribution is 7.98. The van der Waals surface area contributed by atoms with Crippen LogP contribution < -0.4 is 20.5 Å². The van der Waals surface area contributed by atoms with Crippen molar-refractivity contribution in [2.75, 3.05) is 34.1 Å². The highest BCUT2D eigenvalue weighted by atomic mass is 32.2. The highest BCUT2D eigenvalue weighted by Crippen LogP contribution is 2.36. The minimum Gasteiger partial charge on any atom is -0.496 e. The standard InChI is InChI=1S/C12H20N2O2S/c1-14-9(7-13)8-5-11(16-3)12(17-4)6-10(8)15-2/h5-6,9,14H,7,13H2,1-4H3. The Kier molecular flexibility index (Phi) is 5.61. The third kappa shape index (κ3) is 3.06. The zero-order valence-electron chi connectivity index (χ0n) is 10.7. The Labute approximate surface area is 107 Å². The Morgan fingerprint density at radius 2 is 1.94 bits per heavy atom. The number of nitrogens with two attached hydrogens (primary N) is 1. The van der Waals surface area contributed by atoms with Crippen molar-refractivity contribution < 1.29 is 9.47 Å². The molecule has 4 nitrogen and oxygen atoms in total. The van der Waals surface area contributed by atoms with Crippen LogP contribution in [0.4, 0.5) is 0 Å². The molecule has 1 unspecified atom stereocenters. The molecule has 0 bridgehead atoms. The predicted octanol–water partition coefficient (Wildman–Crippen LogP) is 1.64. The molecule has 1 aromatic carbocycles. The van der Waals surface area contributed by atoms with E-state index in [0.717, 1.165) is 22.0 Å². The zero-order chi connectivity index (χ0) is 12.8. The van der Waals surface area contributed by atoms with E-state index in [-0.39, 0.29) is 6.04 Å². The second-order valence-electron chi connectivity index (χ2n) is 3.53. The summed E-state index contributed by atoms with van der Waals surface area (Å²) in [5.41, 5.74) is 6.76. The summed E-state index contributed by atoms with van der Waals surface area (Å²) in [4.78, 5) is 1.06. The van der Waals surface area contributed by atoms with Crippen LogP contribution in [-0.2, 0) is 0 Å². The maximum atomic E-state index is 5.74. The van der Waals surface area contributed by atoms with Gasteiger partial charge in [0.25, 0.3) is 0 Å². The van der Waals surface area contributed by atoms with Crippen LogP contribution in [0, 0.1) is 0 Å². The van der Waals surface area contributed by atoms with Crippen molar-refractivity contribution in [1.29, 1.82) is 0 Å². The van der Waals surface area contributed by atoms with E-state index in [1.165, 1.54) is 0 Å². The lowest BCUT2D eigenvalue weighted by Crippen LogP contribution is -2.25. The second kappa shape index (κ2) is 6.74. The van der Waals surface area contributed by atoms with E-state index in [1.54, 1.807) is 26.0 Å². The molecule has 1 atom stereocenters. The van der Waals surface area contributed by atoms with Crippen LogP contribution in [-0.4, -0.2) is 34.1 Å². The van der Waals surface area contributed by atoms with Gasteiger partial charge in [0.05, 0.1) is 19.1 Å². The Hall–Kier alpha value is -0.910. The summed E-state index contributed by atoms with van der Waals surface area (Å²) >= 11 is 1.63. The van der Waals surface area contributed by atoms with E-state index < -0.39 is 0 Å². The fourth-order valence-corrected chi connectivity index (χ4v) is 2.29. The van der Waals surface area contributed by atoms with Gasteiger partial charge in [-0.25, -0.2) is 0 Å². The number of benzene rings is 1. The molecule has 0 saturated carbocycles. The highest BCUT2D eigenvalue weighted by Gasteiger charge is 2.16. The normalized spacial score (nSPS) is 12.3. The predicted molar refractivity (Wildman–Crippen MR) is 72.2 cm³/mol. The average Bonchev–Trinajstić information content (AvgIpc) is 2.39. The molecule has 0 aromatic heterocycles. The minimum atomic E-state index is 0.0646. The number of hydrogen-bond acceptors (Lipinski definition) is 5. The molecule has 0 aliphatic rings. The van der Waals surface area contributed by atoms with Crippen molar-refractivity contribution in [3.8, 4) is 11.5 Å². The first kappa shape index (κ1) is 14.2. The molecule has 0 radical (unpaired) electrons. The molecule has 5 heteroatoms. The largest absolute Gasteiger partial charge is 0.496 e. The molecule has 0 spiro atoms. The number of rotatable bonds is 6. The fourth-order valence-electron chi connectivity index (χ4n) is 1.73. The van der Waals surface area contributed by atoms with Gasteiger partial charge in [0, 0.05) is 18.2 Å². The topological polar surface area (TPSA) is 56.5 Å². The number of nitrogens with one attached hydrogen (secondary N) is 1. The number of thioether (sulfide) groups is 1. The fraction of sp³-hybridized carbons (Fsp3) is 0.500. The van der Waals surface area contributed by atoms with Crippen molar-refractivity contribution >= 4 is 11.8 Å². The van der Waals surface area contributed by atoms with Crippen molar-refractivity contribution in [3.63, 3.8) is 0 Å². The quantitative estimate of drug-likeness (QED) is 0.758. The van der Waals surface area contributed by atoms with Crippen molar-refractivity contribution in [3.05, 3.63) is 17.7 Å². The minimum absolute atomic E-state index is 0.0646. The Morgan fingerprint density at radius 3 is 2.35 bits per heavy atom. The molecule has 0 aliphatic heterocycles. The van der Waals surface area contributed by atoms with Gasteiger partial charge < -0.3 is 20.5 Å². The van der Waals surface area contributed by atoms with Gasteiger partial charge >= 0.3 is 0 Å². The van der Waals surface area contributed by atoms with Crippen LogP contribution in [0.2, 0.25) is 0 Å². The molecule has 1 aromatic rings. The van der Waals surface area contributed by atoms with Crippen molar-refractivity contribution in [1.82, 2.24) is 5.32 Å². The molecule has 0 aliphatic carbocycles. The SMILES string of the molecule is CNC(CN)c1cc(OC)c(SC)cc1OC. The Bertz CT molecular complexity index is 368. The van der Waals surface area contributed by atoms with Crippen molar-refractivity contribution in [2.45, 2.75) is 10.9 Å². The van der Waals surface area contributed by atoms with Gasteiger partial charge in [0.2, 0.25) is 0 Å². The van der Waals surface area contributed by atoms with E-state index >= 15 is 0 Å². The molecule has 0 saturated heterocycles. The third-order valence-electron chi connectivity index (χ3n) is 2.70. The number of hydrogen-bond donors (Lipinski definition) is 2. The smallest absolute Gasteiger partial charge is 0.133 e. The first-order chi connectivity index (χ1) is 8.21. The summed E-state index contributed by atoms with van der Waals surface area (Å²) in [7, 11) is 5.21. The summed E-state index contributed by atoms with van der Waals surface area (Å²) in [6.07, 6.45) is 2.01. The third-order valence-corrected chi connectivity index (χ3v) is 3.45. The maximum absolute atomic E-state index is 5.74. The second-order valence-corrected chi connectivity index (χ2v) is 4.37. The van der Waals surface area contributed by atoms with Gasteiger partial charge in [-0.05, 0) is 25.4 Å². The molecule has 1 rings (SSSR count). The number of methoxy groups -OCH3 is 2. The molecule has 0 heterocycles. The van der Waals surface area contributed by atoms with Gasteiger partial charge in [0.1, 0.15) is 11.5 Å². The molecule has 96 valence electrons. The first-order valence-electron chi connectivity index (χ1n) is 5.39. The Balaban J connectivity index is 3.27. The van der Waals surface area contributed by atoms with Gasteiger partial charge in [-0.2, -0.15) is 0 Å². The average molecular weight is 256 g/mol. The molecular weight excluding hydrogens is 236 g/mol. The van der Waals surface area contributed by atoms with Gasteiger partial charge in [0.15, 0.2) is 0 Å². The number of likely N-dealkylation sites (N-methyl/N-ethyl adjacent to an activating group) is 1. The summed E-state index contributed by atoms with van der Waals surface area (Å²) in [5, 5.41) is 3.16. The molecule has 17 heavy (non-hydrogen) atoms. The van der Waals surface area contributed by atoms with E-state index in [1.807, 2.05) is 25.4 Å². The van der Waals surface area contributed by atoms with Gasteiger partial charge in [-0.3, -0.25) is 0 Å². The number of ether oxygens (including phenoxy) is 2. The van der Waals surface area contributed by atoms with E-state index in [9.17, 15) is 0 Å². The zero-order valence-corrected chi connectivity index (χ0v) is 11.6. The lowest BCUT2D eigenvalue weighted by Gasteiger charge is -2.20. The van der Waals surface area contributed by atoms with E-state index in [0.29, 0.717) is 6.54 Å². The monoisotopic (exact) mass is 256 g/mol. The van der Waals surface area contributed by atoms with Gasteiger partial charge in [-0.1, -0.05) is 0 Å². The Morgan fingerprint density at radius 1 is 1.29 bits per heavy atom. The lowest BCUT2D eigenvalue weighted by atomic mass is 10.1. The van der Waals surface area contributed by atoms with E-state index in [2.05, 4.69) is 5.32 Å². The summed E-state index contributed by atoms with van der Waals surface area (Å²) < 4.78 is 10.8. The van der Waals surface area contributed by atoms with Crippen LogP contribution in [0.1, 0.15) is 11.6 Å². The first-order valence-corrected chi connectivity index (χ1v) is 6.61. The molecule has 0 fully saturated rings. The van der Waals surface area contributed by atoms with E-state index in [4.69, 9.17) is 15.2 Å².